The lowest BCUT2D eigenvalue weighted by Gasteiger charge is -2.18. The van der Waals surface area contributed by atoms with E-state index in [0.29, 0.717) is 24.4 Å². The van der Waals surface area contributed by atoms with Crippen LogP contribution in [0.2, 0.25) is 0 Å². The minimum atomic E-state index is 0.0191. The Balaban J connectivity index is 2.21. The van der Waals surface area contributed by atoms with Crippen LogP contribution in [-0.2, 0) is 4.79 Å². The second kappa shape index (κ2) is 9.59. The number of phenolic OH excluding ortho intramolecular Hbond substituents is 1. The first kappa shape index (κ1) is 21.0. The number of carbonyl (C=O) groups is 1. The van der Waals surface area contributed by atoms with E-state index >= 15 is 0 Å². The summed E-state index contributed by atoms with van der Waals surface area (Å²) in [6, 6.07) is 5.55. The molecule has 3 heteroatoms. The smallest absolute Gasteiger partial charge is 0.161 e. The molecule has 0 fully saturated rings. The second-order valence-corrected chi connectivity index (χ2v) is 7.56. The van der Waals surface area contributed by atoms with Gasteiger partial charge in [-0.3, -0.25) is 4.79 Å². The molecule has 0 amide bonds. The van der Waals surface area contributed by atoms with E-state index in [4.69, 9.17) is 4.74 Å². The zero-order chi connectivity index (χ0) is 20.0. The van der Waals surface area contributed by atoms with Crippen LogP contribution in [0.15, 0.2) is 47.6 Å². The molecule has 0 saturated carbocycles. The summed E-state index contributed by atoms with van der Waals surface area (Å²) >= 11 is 0. The number of hydrogen-bond donors (Lipinski definition) is 1. The number of phenols is 1. The summed E-state index contributed by atoms with van der Waals surface area (Å²) in [5.41, 5.74) is 4.69. The predicted molar refractivity (Wildman–Crippen MR) is 112 cm³/mol. The highest BCUT2D eigenvalue weighted by Gasteiger charge is 2.21. The van der Waals surface area contributed by atoms with Crippen LogP contribution in [0.1, 0.15) is 65.9 Å². The fourth-order valence-electron chi connectivity index (χ4n) is 3.34. The van der Waals surface area contributed by atoms with Crippen molar-refractivity contribution in [3.8, 4) is 11.5 Å². The molecule has 1 aromatic carbocycles. The highest BCUT2D eigenvalue weighted by molar-refractivity contribution is 5.81. The molecule has 1 atom stereocenters. The van der Waals surface area contributed by atoms with Gasteiger partial charge in [-0.15, -0.1) is 0 Å². The van der Waals surface area contributed by atoms with Crippen LogP contribution in [0.5, 0.6) is 11.5 Å². The molecule has 0 heterocycles. The normalized spacial score (nSPS) is 15.6. The van der Waals surface area contributed by atoms with Crippen molar-refractivity contribution in [1.82, 2.24) is 0 Å². The summed E-state index contributed by atoms with van der Waals surface area (Å²) in [4.78, 5) is 12.1. The van der Waals surface area contributed by atoms with Crippen LogP contribution in [-0.4, -0.2) is 17.0 Å². The van der Waals surface area contributed by atoms with Gasteiger partial charge in [0.15, 0.2) is 11.5 Å². The summed E-state index contributed by atoms with van der Waals surface area (Å²) in [5, 5.41) is 10.3. The zero-order valence-corrected chi connectivity index (χ0v) is 17.2. The van der Waals surface area contributed by atoms with Crippen molar-refractivity contribution in [3.63, 3.8) is 0 Å². The molecule has 2 rings (SSSR count). The number of Topliss-reactive ketones (excluding diaryl/α,β-unsaturated/α-hetero) is 1. The zero-order valence-electron chi connectivity index (χ0n) is 17.2. The third-order valence-electron chi connectivity index (χ3n) is 5.01. The van der Waals surface area contributed by atoms with Gasteiger partial charge in [0, 0.05) is 12.8 Å². The molecule has 0 unspecified atom stereocenters. The molecule has 0 radical (unpaired) electrons. The van der Waals surface area contributed by atoms with Crippen LogP contribution >= 0.6 is 0 Å². The minimum absolute atomic E-state index is 0.0191. The van der Waals surface area contributed by atoms with E-state index < -0.39 is 0 Å². The molecule has 0 bridgehead atoms. The lowest BCUT2D eigenvalue weighted by molar-refractivity contribution is -0.119. The fourth-order valence-corrected chi connectivity index (χ4v) is 3.34. The lowest BCUT2D eigenvalue weighted by Crippen LogP contribution is -2.10. The van der Waals surface area contributed by atoms with E-state index in [1.54, 1.807) is 6.07 Å². The molecule has 0 saturated heterocycles. The Morgan fingerprint density at radius 3 is 2.63 bits per heavy atom. The van der Waals surface area contributed by atoms with Crippen molar-refractivity contribution >= 4 is 11.4 Å². The van der Waals surface area contributed by atoms with Crippen LogP contribution < -0.4 is 4.74 Å². The molecule has 0 aliphatic heterocycles. The standard InChI is InChI=1S/C24H32O3/c1-6-17(5)12-21(14-22(25)7-2)19-9-8-18(13-19)20-10-11-24(23(26)15-20)27-16(3)4/h6,8,10-11,13,15-16,21,26H,7,9,12,14H2,1-5H3/b17-6+/t21-/m0/s1. The maximum absolute atomic E-state index is 12.1. The van der Waals surface area contributed by atoms with Gasteiger partial charge in [-0.1, -0.05) is 42.4 Å². The monoisotopic (exact) mass is 368 g/mol. The molecular formula is C24H32O3. The van der Waals surface area contributed by atoms with Gasteiger partial charge in [0.2, 0.25) is 0 Å². The van der Waals surface area contributed by atoms with E-state index in [0.717, 1.165) is 24.0 Å². The molecule has 0 aromatic heterocycles. The summed E-state index contributed by atoms with van der Waals surface area (Å²) < 4.78 is 5.61. The Morgan fingerprint density at radius 2 is 2.04 bits per heavy atom. The minimum Gasteiger partial charge on any atom is -0.504 e. The number of ether oxygens (including phenoxy) is 1. The summed E-state index contributed by atoms with van der Waals surface area (Å²) in [5.74, 6) is 1.23. The van der Waals surface area contributed by atoms with Crippen molar-refractivity contribution in [1.29, 1.82) is 0 Å². The van der Waals surface area contributed by atoms with Gasteiger partial charge in [0.1, 0.15) is 5.78 Å². The van der Waals surface area contributed by atoms with Crippen molar-refractivity contribution in [2.45, 2.75) is 66.4 Å². The van der Waals surface area contributed by atoms with Crippen LogP contribution in [0, 0.1) is 5.92 Å². The predicted octanol–water partition coefficient (Wildman–Crippen LogP) is 6.23. The average Bonchev–Trinajstić information content (AvgIpc) is 3.12. The number of rotatable bonds is 9. The number of aromatic hydroxyl groups is 1. The number of carbonyl (C=O) groups excluding carboxylic acids is 1. The summed E-state index contributed by atoms with van der Waals surface area (Å²) in [7, 11) is 0. The molecule has 27 heavy (non-hydrogen) atoms. The maximum Gasteiger partial charge on any atom is 0.161 e. The van der Waals surface area contributed by atoms with Gasteiger partial charge in [0.05, 0.1) is 6.10 Å². The fraction of sp³-hybridized carbons (Fsp3) is 0.458. The maximum atomic E-state index is 12.1. The first-order chi connectivity index (χ1) is 12.8. The van der Waals surface area contributed by atoms with Crippen LogP contribution in [0.25, 0.3) is 5.57 Å². The topological polar surface area (TPSA) is 46.5 Å². The molecule has 146 valence electrons. The van der Waals surface area contributed by atoms with Crippen molar-refractivity contribution in [3.05, 3.63) is 53.1 Å². The first-order valence-corrected chi connectivity index (χ1v) is 9.88. The van der Waals surface area contributed by atoms with Gasteiger partial charge in [-0.25, -0.2) is 0 Å². The Bertz CT molecular complexity index is 766. The van der Waals surface area contributed by atoms with Crippen molar-refractivity contribution in [2.75, 3.05) is 0 Å². The molecule has 0 spiro atoms. The summed E-state index contributed by atoms with van der Waals surface area (Å²) in [6.45, 7) is 9.97. The molecule has 1 N–H and O–H groups in total. The summed E-state index contributed by atoms with van der Waals surface area (Å²) in [6.07, 6.45) is 9.48. The Morgan fingerprint density at radius 1 is 1.30 bits per heavy atom. The second-order valence-electron chi connectivity index (χ2n) is 7.56. The van der Waals surface area contributed by atoms with Gasteiger partial charge in [-0.05, 0) is 69.7 Å². The third-order valence-corrected chi connectivity index (χ3v) is 5.01. The number of ketones is 1. The molecule has 1 aliphatic rings. The molecule has 1 aliphatic carbocycles. The van der Waals surface area contributed by atoms with Crippen LogP contribution in [0.4, 0.5) is 0 Å². The van der Waals surface area contributed by atoms with Crippen LogP contribution in [0.3, 0.4) is 0 Å². The third kappa shape index (κ3) is 5.85. The molecule has 1 aromatic rings. The number of allylic oxidation sites excluding steroid dienone is 6. The van der Waals surface area contributed by atoms with Crippen molar-refractivity contribution < 1.29 is 14.6 Å². The number of hydrogen-bond acceptors (Lipinski definition) is 3. The number of benzene rings is 1. The Kier molecular flexibility index (Phi) is 7.46. The average molecular weight is 369 g/mol. The SMILES string of the molecule is C/C=C(\C)C[C@@H](CC(=O)CC)C1=CC(c2ccc(OC(C)C)c(O)c2)=CC1. The highest BCUT2D eigenvalue weighted by atomic mass is 16.5. The van der Waals surface area contributed by atoms with E-state index in [9.17, 15) is 9.90 Å². The van der Waals surface area contributed by atoms with Gasteiger partial charge in [0.25, 0.3) is 0 Å². The van der Waals surface area contributed by atoms with Gasteiger partial charge >= 0.3 is 0 Å². The van der Waals surface area contributed by atoms with E-state index in [-0.39, 0.29) is 17.8 Å². The molecule has 3 nitrogen and oxygen atoms in total. The van der Waals surface area contributed by atoms with Crippen molar-refractivity contribution in [2.24, 2.45) is 5.92 Å². The lowest BCUT2D eigenvalue weighted by atomic mass is 9.86. The Labute approximate surface area is 163 Å². The highest BCUT2D eigenvalue weighted by Crippen LogP contribution is 2.37. The largest absolute Gasteiger partial charge is 0.504 e. The van der Waals surface area contributed by atoms with E-state index in [1.807, 2.05) is 39.8 Å². The van der Waals surface area contributed by atoms with E-state index in [1.165, 1.54) is 11.1 Å². The first-order valence-electron chi connectivity index (χ1n) is 9.88. The molecular weight excluding hydrogens is 336 g/mol. The quantitative estimate of drug-likeness (QED) is 0.525. The Hall–Kier alpha value is -2.29. The van der Waals surface area contributed by atoms with E-state index in [2.05, 4.69) is 25.2 Å². The van der Waals surface area contributed by atoms with Gasteiger partial charge in [-0.2, -0.15) is 0 Å². The van der Waals surface area contributed by atoms with Gasteiger partial charge < -0.3 is 9.84 Å².